The quantitative estimate of drug-likeness (QED) is 0.325. The van der Waals surface area contributed by atoms with Gasteiger partial charge in [-0.3, -0.25) is 0 Å². The fraction of sp³-hybridized carbons (Fsp3) is 0.300. The second-order valence-electron chi connectivity index (χ2n) is 2.62. The van der Waals surface area contributed by atoms with Crippen LogP contribution in [0.2, 0.25) is 0 Å². The van der Waals surface area contributed by atoms with Crippen LogP contribution in [0.25, 0.3) is 0 Å². The first-order valence-corrected chi connectivity index (χ1v) is 4.21. The van der Waals surface area contributed by atoms with Crippen molar-refractivity contribution in [2.45, 2.75) is 13.0 Å². The van der Waals surface area contributed by atoms with Gasteiger partial charge in [-0.25, -0.2) is 0 Å². The molecule has 0 aliphatic rings. The van der Waals surface area contributed by atoms with Gasteiger partial charge in [0, 0.05) is 12.6 Å². The summed E-state index contributed by atoms with van der Waals surface area (Å²) in [5, 5.41) is 11.0. The monoisotopic (exact) mass is 179 g/mol. The van der Waals surface area contributed by atoms with E-state index < -0.39 is 0 Å². The van der Waals surface area contributed by atoms with Gasteiger partial charge in [0.25, 0.3) is 0 Å². The minimum absolute atomic E-state index is 0.582. The Labute approximate surface area is 77.6 Å². The summed E-state index contributed by atoms with van der Waals surface area (Å²) in [5.41, 5.74) is 1.16. The Balaban J connectivity index is 2.13. The van der Waals surface area contributed by atoms with Crippen LogP contribution < -0.4 is 0 Å². The molecule has 1 aromatic carbocycles. The van der Waals surface area contributed by atoms with Crippen LogP contribution >= 0.6 is 0 Å². The number of nitrogens with zero attached hydrogens (tertiary/aromatic N) is 1. The van der Waals surface area contributed by atoms with E-state index in [2.05, 4.69) is 5.16 Å². The van der Waals surface area contributed by atoms with Crippen molar-refractivity contribution in [2.24, 2.45) is 5.16 Å². The first-order chi connectivity index (χ1) is 6.43. The summed E-state index contributed by atoms with van der Waals surface area (Å²) in [6.07, 6.45) is 2.06. The molecule has 0 aliphatic carbocycles. The van der Waals surface area contributed by atoms with Gasteiger partial charge in [0.15, 0.2) is 0 Å². The molecule has 1 N–H and O–H groups in total. The van der Waals surface area contributed by atoms with Crippen LogP contribution in [0.15, 0.2) is 35.5 Å². The Kier molecular flexibility index (Phi) is 4.64. The average Bonchev–Trinajstić information content (AvgIpc) is 2.19. The van der Waals surface area contributed by atoms with E-state index in [0.717, 1.165) is 5.56 Å². The second-order valence-corrected chi connectivity index (χ2v) is 2.62. The van der Waals surface area contributed by atoms with Crippen LogP contribution in [-0.2, 0) is 11.3 Å². The topological polar surface area (TPSA) is 41.8 Å². The van der Waals surface area contributed by atoms with Gasteiger partial charge >= 0.3 is 0 Å². The molecular weight excluding hydrogens is 166 g/mol. The SMILES string of the molecule is O/N=C/CCOCc1ccccc1. The van der Waals surface area contributed by atoms with Crippen molar-refractivity contribution in [1.82, 2.24) is 0 Å². The molecule has 13 heavy (non-hydrogen) atoms. The normalized spacial score (nSPS) is 10.8. The molecule has 0 saturated carbocycles. The lowest BCUT2D eigenvalue weighted by atomic mass is 10.2. The summed E-state index contributed by atoms with van der Waals surface area (Å²) in [7, 11) is 0. The van der Waals surface area contributed by atoms with Crippen LogP contribution in [0.4, 0.5) is 0 Å². The van der Waals surface area contributed by atoms with E-state index in [4.69, 9.17) is 9.94 Å². The molecule has 0 saturated heterocycles. The zero-order valence-corrected chi connectivity index (χ0v) is 7.39. The van der Waals surface area contributed by atoms with Gasteiger partial charge < -0.3 is 9.94 Å². The van der Waals surface area contributed by atoms with Gasteiger partial charge in [-0.1, -0.05) is 30.3 Å². The summed E-state index contributed by atoms with van der Waals surface area (Å²) in [6, 6.07) is 9.96. The molecule has 0 radical (unpaired) electrons. The summed E-state index contributed by atoms with van der Waals surface area (Å²) in [5.74, 6) is 0. The summed E-state index contributed by atoms with van der Waals surface area (Å²) < 4.78 is 5.32. The molecule has 70 valence electrons. The van der Waals surface area contributed by atoms with Crippen LogP contribution in [0.3, 0.4) is 0 Å². The van der Waals surface area contributed by atoms with E-state index in [0.29, 0.717) is 19.6 Å². The molecule has 0 fully saturated rings. The summed E-state index contributed by atoms with van der Waals surface area (Å²) >= 11 is 0. The molecule has 3 nitrogen and oxygen atoms in total. The van der Waals surface area contributed by atoms with Crippen LogP contribution in [0.5, 0.6) is 0 Å². The van der Waals surface area contributed by atoms with Gasteiger partial charge in [-0.2, -0.15) is 0 Å². The number of oxime groups is 1. The molecule has 1 aromatic rings. The van der Waals surface area contributed by atoms with E-state index in [1.54, 1.807) is 0 Å². The average molecular weight is 179 g/mol. The molecular formula is C10H13NO2. The van der Waals surface area contributed by atoms with Gasteiger partial charge in [0.05, 0.1) is 13.2 Å². The third kappa shape index (κ3) is 4.28. The second kappa shape index (κ2) is 6.20. The lowest BCUT2D eigenvalue weighted by molar-refractivity contribution is 0.128. The number of rotatable bonds is 5. The Morgan fingerprint density at radius 2 is 2.08 bits per heavy atom. The minimum atomic E-state index is 0.582. The number of hydrogen-bond acceptors (Lipinski definition) is 3. The fourth-order valence-corrected chi connectivity index (χ4v) is 0.958. The van der Waals surface area contributed by atoms with Crippen molar-refractivity contribution in [2.75, 3.05) is 6.61 Å². The van der Waals surface area contributed by atoms with Crippen LogP contribution in [0.1, 0.15) is 12.0 Å². The maximum Gasteiger partial charge on any atom is 0.0717 e. The summed E-state index contributed by atoms with van der Waals surface area (Å²) in [6.45, 7) is 1.19. The van der Waals surface area contributed by atoms with Crippen molar-refractivity contribution in [3.05, 3.63) is 35.9 Å². The molecule has 0 bridgehead atoms. The van der Waals surface area contributed by atoms with E-state index >= 15 is 0 Å². The van der Waals surface area contributed by atoms with E-state index in [1.165, 1.54) is 6.21 Å². The summed E-state index contributed by atoms with van der Waals surface area (Å²) in [4.78, 5) is 0. The standard InChI is InChI=1S/C10H13NO2/c12-11-7-4-8-13-9-10-5-2-1-3-6-10/h1-3,5-7,12H,4,8-9H2/b11-7+. The van der Waals surface area contributed by atoms with Crippen LogP contribution in [-0.4, -0.2) is 18.0 Å². The highest BCUT2D eigenvalue weighted by Gasteiger charge is 1.89. The Morgan fingerprint density at radius 3 is 2.77 bits per heavy atom. The molecule has 0 amide bonds. The first kappa shape index (κ1) is 9.74. The molecule has 3 heteroatoms. The predicted molar refractivity (Wildman–Crippen MR) is 51.0 cm³/mol. The fourth-order valence-electron chi connectivity index (χ4n) is 0.958. The molecule has 1 rings (SSSR count). The third-order valence-electron chi connectivity index (χ3n) is 1.58. The molecule has 0 unspecified atom stereocenters. The maximum atomic E-state index is 8.10. The highest BCUT2D eigenvalue weighted by molar-refractivity contribution is 5.56. The molecule has 0 spiro atoms. The molecule has 0 atom stereocenters. The third-order valence-corrected chi connectivity index (χ3v) is 1.58. The van der Waals surface area contributed by atoms with Crippen molar-refractivity contribution >= 4 is 6.21 Å². The highest BCUT2D eigenvalue weighted by Crippen LogP contribution is 2.00. The van der Waals surface area contributed by atoms with Crippen molar-refractivity contribution in [3.8, 4) is 0 Å². The number of hydrogen-bond donors (Lipinski definition) is 1. The number of ether oxygens (including phenoxy) is 1. The van der Waals surface area contributed by atoms with Crippen molar-refractivity contribution < 1.29 is 9.94 Å². The van der Waals surface area contributed by atoms with Gasteiger partial charge in [0.1, 0.15) is 0 Å². The Bertz CT molecular complexity index is 246. The van der Waals surface area contributed by atoms with Gasteiger partial charge in [0.2, 0.25) is 0 Å². The molecule has 0 aliphatic heterocycles. The largest absolute Gasteiger partial charge is 0.411 e. The maximum absolute atomic E-state index is 8.10. The van der Waals surface area contributed by atoms with E-state index in [-0.39, 0.29) is 0 Å². The predicted octanol–water partition coefficient (Wildman–Crippen LogP) is 2.05. The highest BCUT2D eigenvalue weighted by atomic mass is 16.5. The lowest BCUT2D eigenvalue weighted by Crippen LogP contribution is -1.95. The van der Waals surface area contributed by atoms with E-state index in [1.807, 2.05) is 30.3 Å². The van der Waals surface area contributed by atoms with E-state index in [9.17, 15) is 0 Å². The molecule has 0 aromatic heterocycles. The Hall–Kier alpha value is -1.35. The van der Waals surface area contributed by atoms with Gasteiger partial charge in [-0.15, -0.1) is 5.16 Å². The lowest BCUT2D eigenvalue weighted by Gasteiger charge is -2.01. The van der Waals surface area contributed by atoms with Crippen molar-refractivity contribution in [1.29, 1.82) is 0 Å². The smallest absolute Gasteiger partial charge is 0.0717 e. The first-order valence-electron chi connectivity index (χ1n) is 4.21. The van der Waals surface area contributed by atoms with Crippen LogP contribution in [0, 0.1) is 0 Å². The Morgan fingerprint density at radius 1 is 1.31 bits per heavy atom. The number of benzene rings is 1. The minimum Gasteiger partial charge on any atom is -0.411 e. The zero-order valence-electron chi connectivity index (χ0n) is 7.39. The van der Waals surface area contributed by atoms with Crippen molar-refractivity contribution in [3.63, 3.8) is 0 Å². The molecule has 0 heterocycles. The van der Waals surface area contributed by atoms with Gasteiger partial charge in [-0.05, 0) is 5.56 Å². The zero-order chi connectivity index (χ0) is 9.36.